The van der Waals surface area contributed by atoms with E-state index in [-0.39, 0.29) is 12.6 Å². The molecule has 0 saturated heterocycles. The van der Waals surface area contributed by atoms with Crippen LogP contribution in [0.4, 0.5) is 0 Å². The number of rotatable bonds is 4. The number of nitrogens with one attached hydrogen (secondary N) is 2. The molecule has 0 bridgehead atoms. The Bertz CT molecular complexity index is 184. The summed E-state index contributed by atoms with van der Waals surface area (Å²) in [5.41, 5.74) is 1.14. The third kappa shape index (κ3) is 2.74. The fourth-order valence-corrected chi connectivity index (χ4v) is 0.826. The summed E-state index contributed by atoms with van der Waals surface area (Å²) in [5, 5.41) is 11.8. The monoisotopic (exact) mass is 154 g/mol. The first-order chi connectivity index (χ1) is 5.33. The van der Waals surface area contributed by atoms with Crippen molar-refractivity contribution in [1.29, 1.82) is 0 Å². The van der Waals surface area contributed by atoms with E-state index in [9.17, 15) is 0 Å². The number of aromatic nitrogens is 1. The van der Waals surface area contributed by atoms with Crippen LogP contribution in [0.2, 0.25) is 0 Å². The van der Waals surface area contributed by atoms with Gasteiger partial charge in [0.2, 0.25) is 0 Å². The highest BCUT2D eigenvalue weighted by atomic mass is 16.3. The predicted molar refractivity (Wildman–Crippen MR) is 44.2 cm³/mol. The van der Waals surface area contributed by atoms with Gasteiger partial charge in [-0.1, -0.05) is 0 Å². The van der Waals surface area contributed by atoms with E-state index in [2.05, 4.69) is 10.3 Å². The van der Waals surface area contributed by atoms with E-state index in [0.29, 0.717) is 0 Å². The van der Waals surface area contributed by atoms with Gasteiger partial charge in [-0.15, -0.1) is 0 Å². The molecular formula is C8H14N2O. The number of H-pyrrole nitrogens is 1. The Morgan fingerprint density at radius 2 is 2.55 bits per heavy atom. The molecule has 0 saturated carbocycles. The molecule has 0 aliphatic carbocycles. The highest BCUT2D eigenvalue weighted by molar-refractivity contribution is 5.02. The predicted octanol–water partition coefficient (Wildman–Crippen LogP) is 0.485. The fourth-order valence-electron chi connectivity index (χ4n) is 0.826. The van der Waals surface area contributed by atoms with Crippen LogP contribution in [0.1, 0.15) is 12.6 Å². The normalized spacial score (nSPS) is 13.3. The molecule has 3 N–H and O–H groups in total. The lowest BCUT2D eigenvalue weighted by molar-refractivity contribution is 0.250. The molecule has 0 aliphatic heterocycles. The van der Waals surface area contributed by atoms with E-state index in [4.69, 9.17) is 5.11 Å². The van der Waals surface area contributed by atoms with E-state index >= 15 is 0 Å². The number of aliphatic hydroxyl groups excluding tert-OH is 1. The fraction of sp³-hybridized carbons (Fsp3) is 0.500. The molecule has 0 spiro atoms. The summed E-state index contributed by atoms with van der Waals surface area (Å²) in [6, 6.07) is 4.14. The molecule has 3 heteroatoms. The van der Waals surface area contributed by atoms with Crippen molar-refractivity contribution in [2.45, 2.75) is 19.5 Å². The molecule has 1 unspecified atom stereocenters. The molecule has 3 nitrogen and oxygen atoms in total. The third-order valence-corrected chi connectivity index (χ3v) is 1.58. The van der Waals surface area contributed by atoms with Gasteiger partial charge in [0.15, 0.2) is 0 Å². The van der Waals surface area contributed by atoms with Crippen molar-refractivity contribution in [1.82, 2.24) is 10.3 Å². The van der Waals surface area contributed by atoms with Gasteiger partial charge in [0, 0.05) is 24.5 Å². The Balaban J connectivity index is 2.23. The molecule has 1 aromatic heterocycles. The van der Waals surface area contributed by atoms with Crippen molar-refractivity contribution in [3.63, 3.8) is 0 Å². The number of hydrogen-bond donors (Lipinski definition) is 3. The molecule has 62 valence electrons. The first kappa shape index (κ1) is 8.30. The zero-order valence-corrected chi connectivity index (χ0v) is 6.67. The highest BCUT2D eigenvalue weighted by Crippen LogP contribution is 1.93. The van der Waals surface area contributed by atoms with Crippen LogP contribution in [-0.4, -0.2) is 22.7 Å². The quantitative estimate of drug-likeness (QED) is 0.591. The smallest absolute Gasteiger partial charge is 0.0582 e. The summed E-state index contributed by atoms with van der Waals surface area (Å²) < 4.78 is 0. The van der Waals surface area contributed by atoms with Gasteiger partial charge in [-0.25, -0.2) is 0 Å². The Kier molecular flexibility index (Phi) is 3.14. The zero-order valence-electron chi connectivity index (χ0n) is 6.67. The minimum atomic E-state index is 0.165. The standard InChI is InChI=1S/C8H14N2O/c1-7(6-11)10-5-8-3-2-4-9-8/h2-4,7,9-11H,5-6H2,1H3. The Morgan fingerprint density at radius 3 is 3.09 bits per heavy atom. The summed E-state index contributed by atoms with van der Waals surface area (Å²) >= 11 is 0. The van der Waals surface area contributed by atoms with Crippen LogP contribution in [0.3, 0.4) is 0 Å². The zero-order chi connectivity index (χ0) is 8.10. The molecule has 0 aromatic carbocycles. The van der Waals surface area contributed by atoms with Gasteiger partial charge in [0.1, 0.15) is 0 Å². The van der Waals surface area contributed by atoms with E-state index in [1.54, 1.807) is 0 Å². The topological polar surface area (TPSA) is 48.0 Å². The van der Waals surface area contributed by atoms with Gasteiger partial charge >= 0.3 is 0 Å². The van der Waals surface area contributed by atoms with Crippen LogP contribution < -0.4 is 5.32 Å². The maximum Gasteiger partial charge on any atom is 0.0582 e. The van der Waals surface area contributed by atoms with Crippen molar-refractivity contribution in [2.75, 3.05) is 6.61 Å². The molecule has 1 atom stereocenters. The first-order valence-electron chi connectivity index (χ1n) is 3.79. The summed E-state index contributed by atoms with van der Waals surface area (Å²) in [6.45, 7) is 2.92. The largest absolute Gasteiger partial charge is 0.395 e. The summed E-state index contributed by atoms with van der Waals surface area (Å²) in [7, 11) is 0. The number of aromatic amines is 1. The van der Waals surface area contributed by atoms with Crippen LogP contribution in [0.15, 0.2) is 18.3 Å². The van der Waals surface area contributed by atoms with Crippen LogP contribution in [0.5, 0.6) is 0 Å². The minimum absolute atomic E-state index is 0.165. The first-order valence-corrected chi connectivity index (χ1v) is 3.79. The summed E-state index contributed by atoms with van der Waals surface area (Å²) in [5.74, 6) is 0. The van der Waals surface area contributed by atoms with Crippen LogP contribution in [-0.2, 0) is 6.54 Å². The number of hydrogen-bond acceptors (Lipinski definition) is 2. The third-order valence-electron chi connectivity index (χ3n) is 1.58. The van der Waals surface area contributed by atoms with Gasteiger partial charge in [-0.2, -0.15) is 0 Å². The van der Waals surface area contributed by atoms with Gasteiger partial charge in [-0.3, -0.25) is 0 Å². The van der Waals surface area contributed by atoms with Crippen LogP contribution in [0.25, 0.3) is 0 Å². The lowest BCUT2D eigenvalue weighted by Crippen LogP contribution is -2.28. The lowest BCUT2D eigenvalue weighted by atomic mass is 10.3. The molecule has 0 fully saturated rings. The van der Waals surface area contributed by atoms with Gasteiger partial charge in [0.25, 0.3) is 0 Å². The summed E-state index contributed by atoms with van der Waals surface area (Å²) in [4.78, 5) is 3.07. The maximum atomic E-state index is 8.69. The Labute approximate surface area is 66.4 Å². The van der Waals surface area contributed by atoms with E-state index in [1.807, 2.05) is 25.3 Å². The average Bonchev–Trinajstić information content (AvgIpc) is 2.52. The minimum Gasteiger partial charge on any atom is -0.395 e. The lowest BCUT2D eigenvalue weighted by Gasteiger charge is -2.08. The molecule has 0 aliphatic rings. The molecule has 11 heavy (non-hydrogen) atoms. The molecular weight excluding hydrogens is 140 g/mol. The second-order valence-electron chi connectivity index (χ2n) is 2.66. The Morgan fingerprint density at radius 1 is 1.73 bits per heavy atom. The van der Waals surface area contributed by atoms with Crippen molar-refractivity contribution in [3.8, 4) is 0 Å². The van der Waals surface area contributed by atoms with Crippen LogP contribution >= 0.6 is 0 Å². The molecule has 0 radical (unpaired) electrons. The summed E-state index contributed by atoms with van der Waals surface area (Å²) in [6.07, 6.45) is 1.89. The Hall–Kier alpha value is -0.800. The van der Waals surface area contributed by atoms with E-state index in [0.717, 1.165) is 12.2 Å². The second kappa shape index (κ2) is 4.16. The maximum absolute atomic E-state index is 8.69. The molecule has 1 aromatic rings. The molecule has 1 heterocycles. The van der Waals surface area contributed by atoms with Gasteiger partial charge in [0.05, 0.1) is 6.61 Å². The SMILES string of the molecule is CC(CO)NCc1ccc[nH]1. The molecule has 1 rings (SSSR count). The van der Waals surface area contributed by atoms with Crippen molar-refractivity contribution >= 4 is 0 Å². The second-order valence-corrected chi connectivity index (χ2v) is 2.66. The van der Waals surface area contributed by atoms with Crippen molar-refractivity contribution < 1.29 is 5.11 Å². The highest BCUT2D eigenvalue weighted by Gasteiger charge is 1.97. The van der Waals surface area contributed by atoms with Gasteiger partial charge < -0.3 is 15.4 Å². The van der Waals surface area contributed by atoms with E-state index in [1.165, 1.54) is 0 Å². The number of aliphatic hydroxyl groups is 1. The van der Waals surface area contributed by atoms with E-state index < -0.39 is 0 Å². The van der Waals surface area contributed by atoms with Crippen molar-refractivity contribution in [3.05, 3.63) is 24.0 Å². The van der Waals surface area contributed by atoms with Crippen LogP contribution in [0, 0.1) is 0 Å². The van der Waals surface area contributed by atoms with Crippen molar-refractivity contribution in [2.24, 2.45) is 0 Å². The van der Waals surface area contributed by atoms with Gasteiger partial charge in [-0.05, 0) is 19.1 Å². The molecule has 0 amide bonds. The average molecular weight is 154 g/mol.